The Hall–Kier alpha value is -3.37. The van der Waals surface area contributed by atoms with Crippen molar-refractivity contribution in [1.82, 2.24) is 25.0 Å². The van der Waals surface area contributed by atoms with Gasteiger partial charge in [0.05, 0.1) is 19.0 Å². The number of fused-ring (bicyclic) bond motifs is 3. The average molecular weight is 500 g/mol. The molecule has 6 rings (SSSR count). The van der Waals surface area contributed by atoms with Crippen LogP contribution in [0.4, 0.5) is 24.8 Å². The van der Waals surface area contributed by atoms with Crippen molar-refractivity contribution < 1.29 is 17.9 Å². The lowest BCUT2D eigenvalue weighted by Gasteiger charge is -2.39. The molecule has 11 heteroatoms. The molecule has 2 aromatic heterocycles. The third-order valence-electron chi connectivity index (χ3n) is 7.89. The molecular weight excluding hydrogens is 471 g/mol. The molecular formula is C25H28F3N7O. The molecule has 190 valence electrons. The molecule has 3 aliphatic rings. The van der Waals surface area contributed by atoms with Crippen LogP contribution < -0.4 is 15.0 Å². The monoisotopic (exact) mass is 499 g/mol. The standard InChI is InChI=1S/C25H28F3N7O/c1-36-20-10-16(11-29-32-20)34-12-14-5-6-15(13-34)23(14)30-25-31-24-18(4-2-3-9-35(24)33-25)17-7-8-19(26)22(28)21(17)27/h7-8,10-11,14-15,18,23H,2-6,9,12-13H2,1H3,(H,30,33)/t14-,15+,18?,23+. The molecule has 1 aromatic carbocycles. The van der Waals surface area contributed by atoms with E-state index in [9.17, 15) is 13.2 Å². The summed E-state index contributed by atoms with van der Waals surface area (Å²) in [6, 6.07) is 4.45. The van der Waals surface area contributed by atoms with E-state index in [1.54, 1.807) is 18.0 Å². The second-order valence-corrected chi connectivity index (χ2v) is 9.96. The maximum atomic E-state index is 14.7. The summed E-state index contributed by atoms with van der Waals surface area (Å²) < 4.78 is 49.3. The Labute approximate surface area is 206 Å². The zero-order valence-electron chi connectivity index (χ0n) is 20.0. The Bertz CT molecular complexity index is 1250. The summed E-state index contributed by atoms with van der Waals surface area (Å²) in [6.45, 7) is 2.41. The highest BCUT2D eigenvalue weighted by molar-refractivity contribution is 5.48. The summed E-state index contributed by atoms with van der Waals surface area (Å²) in [6.07, 6.45) is 6.27. The van der Waals surface area contributed by atoms with Crippen molar-refractivity contribution in [2.24, 2.45) is 11.8 Å². The lowest BCUT2D eigenvalue weighted by Crippen LogP contribution is -2.48. The highest BCUT2D eigenvalue weighted by Gasteiger charge is 2.43. The van der Waals surface area contributed by atoms with Crippen molar-refractivity contribution in [1.29, 1.82) is 0 Å². The topological polar surface area (TPSA) is 81.0 Å². The first kappa shape index (κ1) is 23.1. The predicted octanol–water partition coefficient (Wildman–Crippen LogP) is 4.14. The van der Waals surface area contributed by atoms with Gasteiger partial charge < -0.3 is 15.0 Å². The van der Waals surface area contributed by atoms with Gasteiger partial charge in [0.25, 0.3) is 0 Å². The van der Waals surface area contributed by atoms with Crippen molar-refractivity contribution in [3.63, 3.8) is 0 Å². The van der Waals surface area contributed by atoms with E-state index in [2.05, 4.69) is 20.4 Å². The molecule has 1 unspecified atom stereocenters. The molecule has 0 amide bonds. The largest absolute Gasteiger partial charge is 0.480 e. The number of hydrogen-bond acceptors (Lipinski definition) is 7. The SMILES string of the molecule is COc1cc(N2C[C@H]3CC[C@@H](C2)[C@H]3Nc2nc3n(n2)CCCCC3c2ccc(F)c(F)c2F)cnn1. The van der Waals surface area contributed by atoms with Crippen molar-refractivity contribution in [2.45, 2.75) is 50.6 Å². The van der Waals surface area contributed by atoms with Crippen LogP contribution in [0.1, 0.15) is 49.4 Å². The Morgan fingerprint density at radius 3 is 2.61 bits per heavy atom. The lowest BCUT2D eigenvalue weighted by atomic mass is 9.92. The zero-order chi connectivity index (χ0) is 24.8. The van der Waals surface area contributed by atoms with Crippen LogP contribution in [0.15, 0.2) is 24.4 Å². The number of halogens is 3. The number of aryl methyl sites for hydroxylation is 1. The summed E-state index contributed by atoms with van der Waals surface area (Å²) in [4.78, 5) is 7.09. The highest BCUT2D eigenvalue weighted by atomic mass is 19.2. The molecule has 2 bridgehead atoms. The van der Waals surface area contributed by atoms with Crippen molar-refractivity contribution in [2.75, 3.05) is 30.4 Å². The Morgan fingerprint density at radius 2 is 1.83 bits per heavy atom. The molecule has 1 aliphatic carbocycles. The molecule has 2 fully saturated rings. The van der Waals surface area contributed by atoms with E-state index >= 15 is 0 Å². The fourth-order valence-electron chi connectivity index (χ4n) is 6.11. The minimum Gasteiger partial charge on any atom is -0.480 e. The van der Waals surface area contributed by atoms with Gasteiger partial charge in [-0.2, -0.15) is 10.1 Å². The maximum absolute atomic E-state index is 14.7. The number of benzene rings is 1. The van der Waals surface area contributed by atoms with Gasteiger partial charge in [0.1, 0.15) is 5.82 Å². The van der Waals surface area contributed by atoms with Gasteiger partial charge in [-0.05, 0) is 43.6 Å². The van der Waals surface area contributed by atoms with Crippen LogP contribution in [0.25, 0.3) is 0 Å². The van der Waals surface area contributed by atoms with E-state index in [0.29, 0.717) is 42.5 Å². The van der Waals surface area contributed by atoms with Crippen molar-refractivity contribution in [3.05, 3.63) is 53.2 Å². The Balaban J connectivity index is 1.23. The van der Waals surface area contributed by atoms with Gasteiger partial charge in [0, 0.05) is 43.2 Å². The molecule has 0 radical (unpaired) electrons. The number of nitrogens with one attached hydrogen (secondary N) is 1. The van der Waals surface area contributed by atoms with E-state index in [1.807, 2.05) is 6.07 Å². The number of anilines is 2. The summed E-state index contributed by atoms with van der Waals surface area (Å²) in [5.74, 6) is -1.81. The number of hydrogen-bond donors (Lipinski definition) is 1. The summed E-state index contributed by atoms with van der Waals surface area (Å²) in [5, 5.41) is 16.3. The third kappa shape index (κ3) is 4.04. The van der Waals surface area contributed by atoms with Crippen molar-refractivity contribution in [3.8, 4) is 5.88 Å². The molecule has 1 N–H and O–H groups in total. The van der Waals surface area contributed by atoms with Crippen LogP contribution in [0.2, 0.25) is 0 Å². The minimum absolute atomic E-state index is 0.130. The minimum atomic E-state index is -1.44. The van der Waals surface area contributed by atoms with Crippen LogP contribution in [0.3, 0.4) is 0 Å². The lowest BCUT2D eigenvalue weighted by molar-refractivity contribution is 0.372. The van der Waals surface area contributed by atoms with Gasteiger partial charge in [-0.3, -0.25) is 0 Å². The molecule has 3 aromatic rings. The number of methoxy groups -OCH3 is 1. The summed E-state index contributed by atoms with van der Waals surface area (Å²) >= 11 is 0. The summed E-state index contributed by atoms with van der Waals surface area (Å²) in [5.41, 5.74) is 1.13. The normalized spacial score (nSPS) is 25.4. The van der Waals surface area contributed by atoms with Crippen molar-refractivity contribution >= 4 is 11.6 Å². The first-order valence-electron chi connectivity index (χ1n) is 12.5. The summed E-state index contributed by atoms with van der Waals surface area (Å²) in [7, 11) is 1.58. The molecule has 8 nitrogen and oxygen atoms in total. The third-order valence-corrected chi connectivity index (χ3v) is 7.89. The molecule has 4 heterocycles. The van der Waals surface area contributed by atoms with Crippen LogP contribution in [-0.4, -0.2) is 51.2 Å². The predicted molar refractivity (Wildman–Crippen MR) is 126 cm³/mol. The van der Waals surface area contributed by atoms with Gasteiger partial charge in [-0.25, -0.2) is 17.9 Å². The van der Waals surface area contributed by atoms with E-state index in [1.165, 1.54) is 6.07 Å². The quantitative estimate of drug-likeness (QED) is 0.529. The fourth-order valence-corrected chi connectivity index (χ4v) is 6.11. The molecule has 1 saturated heterocycles. The first-order chi connectivity index (χ1) is 17.5. The van der Waals surface area contributed by atoms with Crippen LogP contribution in [-0.2, 0) is 6.54 Å². The first-order valence-corrected chi connectivity index (χ1v) is 12.5. The maximum Gasteiger partial charge on any atom is 0.242 e. The van der Waals surface area contributed by atoms with E-state index in [4.69, 9.17) is 14.8 Å². The second kappa shape index (κ2) is 9.25. The van der Waals surface area contributed by atoms with Crippen LogP contribution >= 0.6 is 0 Å². The number of nitrogens with zero attached hydrogens (tertiary/aromatic N) is 6. The van der Waals surface area contributed by atoms with Crippen LogP contribution in [0, 0.1) is 29.3 Å². The number of ether oxygens (including phenoxy) is 1. The number of piperidine rings is 1. The van der Waals surface area contributed by atoms with Crippen LogP contribution in [0.5, 0.6) is 5.88 Å². The van der Waals surface area contributed by atoms with Gasteiger partial charge >= 0.3 is 0 Å². The van der Waals surface area contributed by atoms with E-state index < -0.39 is 23.4 Å². The molecule has 4 atom stereocenters. The van der Waals surface area contributed by atoms with Gasteiger partial charge in [-0.1, -0.05) is 12.5 Å². The second-order valence-electron chi connectivity index (χ2n) is 9.96. The van der Waals surface area contributed by atoms with E-state index in [0.717, 1.165) is 50.5 Å². The molecule has 36 heavy (non-hydrogen) atoms. The van der Waals surface area contributed by atoms with Gasteiger partial charge in [0.2, 0.25) is 11.8 Å². The molecule has 2 aliphatic heterocycles. The Morgan fingerprint density at radius 1 is 1.03 bits per heavy atom. The van der Waals surface area contributed by atoms with Gasteiger partial charge in [-0.15, -0.1) is 10.2 Å². The highest BCUT2D eigenvalue weighted by Crippen LogP contribution is 2.41. The Kier molecular flexibility index (Phi) is 5.93. The smallest absolute Gasteiger partial charge is 0.242 e. The molecule has 0 spiro atoms. The number of aromatic nitrogens is 5. The average Bonchev–Trinajstić information content (AvgIpc) is 3.30. The van der Waals surface area contributed by atoms with E-state index in [-0.39, 0.29) is 11.6 Å². The van der Waals surface area contributed by atoms with Gasteiger partial charge in [0.15, 0.2) is 17.5 Å². The fraction of sp³-hybridized carbons (Fsp3) is 0.520. The number of rotatable bonds is 5. The zero-order valence-corrected chi connectivity index (χ0v) is 20.0. The molecule has 1 saturated carbocycles.